The molecule has 1 aliphatic heterocycles. The Hall–Kier alpha value is -1.88. The Morgan fingerprint density at radius 3 is 2.74 bits per heavy atom. The maximum atomic E-state index is 12.0. The van der Waals surface area contributed by atoms with Gasteiger partial charge in [-0.25, -0.2) is 0 Å². The van der Waals surface area contributed by atoms with Gasteiger partial charge in [-0.1, -0.05) is 30.3 Å². The summed E-state index contributed by atoms with van der Waals surface area (Å²) in [5, 5.41) is 11.0. The first-order valence-corrected chi connectivity index (χ1v) is 6.34. The number of carbonyl (C=O) groups excluding carboxylic acids is 1. The molecule has 0 unspecified atom stereocenters. The van der Waals surface area contributed by atoms with Crippen LogP contribution in [0.25, 0.3) is 0 Å². The SMILES string of the molecule is O=C(O)CNC(=O)[C@H]1CCCO[C@@H]1c1ccccc1. The smallest absolute Gasteiger partial charge is 0.322 e. The standard InChI is InChI=1S/C14H17NO4/c16-12(17)9-15-14(18)11-7-4-8-19-13(11)10-5-2-1-3-6-10/h1-3,5-6,11,13H,4,7-9H2,(H,15,18)(H,16,17)/t11-,13+/m0/s1. The van der Waals surface area contributed by atoms with E-state index in [9.17, 15) is 9.59 Å². The minimum atomic E-state index is -1.04. The minimum absolute atomic E-state index is 0.254. The zero-order valence-corrected chi connectivity index (χ0v) is 10.5. The molecule has 102 valence electrons. The van der Waals surface area contributed by atoms with Crippen molar-refractivity contribution in [3.8, 4) is 0 Å². The van der Waals surface area contributed by atoms with Crippen molar-refractivity contribution in [2.45, 2.75) is 18.9 Å². The zero-order chi connectivity index (χ0) is 13.7. The van der Waals surface area contributed by atoms with Gasteiger partial charge in [-0.05, 0) is 18.4 Å². The lowest BCUT2D eigenvalue weighted by atomic mass is 9.89. The molecule has 0 spiro atoms. The summed E-state index contributed by atoms with van der Waals surface area (Å²) in [6.07, 6.45) is 1.24. The summed E-state index contributed by atoms with van der Waals surface area (Å²) in [6.45, 7) is 0.277. The number of amides is 1. The van der Waals surface area contributed by atoms with Gasteiger partial charge in [0.1, 0.15) is 6.54 Å². The monoisotopic (exact) mass is 263 g/mol. The van der Waals surface area contributed by atoms with E-state index in [1.54, 1.807) is 0 Å². The van der Waals surface area contributed by atoms with Crippen molar-refractivity contribution in [1.82, 2.24) is 5.32 Å². The second-order valence-electron chi connectivity index (χ2n) is 4.56. The van der Waals surface area contributed by atoms with Crippen LogP contribution in [-0.4, -0.2) is 30.1 Å². The molecule has 1 fully saturated rings. The van der Waals surface area contributed by atoms with Gasteiger partial charge in [-0.15, -0.1) is 0 Å². The van der Waals surface area contributed by atoms with E-state index in [-0.39, 0.29) is 24.5 Å². The highest BCUT2D eigenvalue weighted by molar-refractivity contribution is 5.83. The van der Waals surface area contributed by atoms with Crippen molar-refractivity contribution in [2.24, 2.45) is 5.92 Å². The van der Waals surface area contributed by atoms with E-state index in [4.69, 9.17) is 9.84 Å². The molecule has 2 N–H and O–H groups in total. The van der Waals surface area contributed by atoms with Gasteiger partial charge < -0.3 is 15.2 Å². The van der Waals surface area contributed by atoms with Crippen LogP contribution in [-0.2, 0) is 14.3 Å². The summed E-state index contributed by atoms with van der Waals surface area (Å²) in [4.78, 5) is 22.5. The maximum absolute atomic E-state index is 12.0. The predicted molar refractivity (Wildman–Crippen MR) is 68.5 cm³/mol. The van der Waals surface area contributed by atoms with Gasteiger partial charge in [0, 0.05) is 6.61 Å². The van der Waals surface area contributed by atoms with Crippen LogP contribution in [0.15, 0.2) is 30.3 Å². The molecule has 0 saturated carbocycles. The van der Waals surface area contributed by atoms with Crippen LogP contribution in [0.5, 0.6) is 0 Å². The Morgan fingerprint density at radius 1 is 1.32 bits per heavy atom. The summed E-state index contributed by atoms with van der Waals surface area (Å²) in [5.41, 5.74) is 0.956. The van der Waals surface area contributed by atoms with E-state index in [1.807, 2.05) is 30.3 Å². The molecule has 19 heavy (non-hydrogen) atoms. The summed E-state index contributed by atoms with van der Waals surface area (Å²) in [7, 11) is 0. The number of aliphatic carboxylic acids is 1. The Bertz CT molecular complexity index is 446. The summed E-state index contributed by atoms with van der Waals surface area (Å²) in [6, 6.07) is 9.56. The van der Waals surface area contributed by atoms with Crippen molar-refractivity contribution in [3.05, 3.63) is 35.9 Å². The minimum Gasteiger partial charge on any atom is -0.480 e. The Morgan fingerprint density at radius 2 is 2.05 bits per heavy atom. The van der Waals surface area contributed by atoms with Crippen LogP contribution in [0.4, 0.5) is 0 Å². The number of hydrogen-bond acceptors (Lipinski definition) is 3. The highest BCUT2D eigenvalue weighted by Gasteiger charge is 2.32. The fourth-order valence-electron chi connectivity index (χ4n) is 2.31. The van der Waals surface area contributed by atoms with Crippen LogP contribution in [0.1, 0.15) is 24.5 Å². The average molecular weight is 263 g/mol. The third kappa shape index (κ3) is 3.54. The summed E-state index contributed by atoms with van der Waals surface area (Å²) < 4.78 is 5.70. The van der Waals surface area contributed by atoms with Crippen LogP contribution < -0.4 is 5.32 Å². The number of carboxylic acids is 1. The number of rotatable bonds is 4. The summed E-state index contributed by atoms with van der Waals surface area (Å²) >= 11 is 0. The molecular formula is C14H17NO4. The average Bonchev–Trinajstić information content (AvgIpc) is 2.45. The van der Waals surface area contributed by atoms with Gasteiger partial charge in [0.15, 0.2) is 0 Å². The molecule has 0 radical (unpaired) electrons. The highest BCUT2D eigenvalue weighted by atomic mass is 16.5. The molecule has 1 saturated heterocycles. The van der Waals surface area contributed by atoms with Crippen molar-refractivity contribution in [1.29, 1.82) is 0 Å². The Kier molecular flexibility index (Phi) is 4.52. The Balaban J connectivity index is 2.08. The second kappa shape index (κ2) is 6.33. The molecule has 0 bridgehead atoms. The number of nitrogens with one attached hydrogen (secondary N) is 1. The number of ether oxygens (including phenoxy) is 1. The molecular weight excluding hydrogens is 246 g/mol. The van der Waals surface area contributed by atoms with Gasteiger partial charge in [0.25, 0.3) is 0 Å². The number of carboxylic acid groups (broad SMARTS) is 1. The van der Waals surface area contributed by atoms with Crippen LogP contribution >= 0.6 is 0 Å². The molecule has 2 atom stereocenters. The lowest BCUT2D eigenvalue weighted by Crippen LogP contribution is -2.39. The van der Waals surface area contributed by atoms with E-state index in [0.29, 0.717) is 13.0 Å². The fourth-order valence-corrected chi connectivity index (χ4v) is 2.31. The van der Waals surface area contributed by atoms with Gasteiger partial charge in [-0.3, -0.25) is 9.59 Å². The third-order valence-electron chi connectivity index (χ3n) is 3.20. The number of hydrogen-bond donors (Lipinski definition) is 2. The first-order chi connectivity index (χ1) is 9.18. The molecule has 1 amide bonds. The van der Waals surface area contributed by atoms with Crippen molar-refractivity contribution < 1.29 is 19.4 Å². The van der Waals surface area contributed by atoms with E-state index in [2.05, 4.69) is 5.32 Å². The molecule has 1 heterocycles. The van der Waals surface area contributed by atoms with E-state index >= 15 is 0 Å². The fraction of sp³-hybridized carbons (Fsp3) is 0.429. The van der Waals surface area contributed by atoms with Crippen molar-refractivity contribution in [2.75, 3.05) is 13.2 Å². The molecule has 0 aromatic heterocycles. The van der Waals surface area contributed by atoms with E-state index in [0.717, 1.165) is 12.0 Å². The van der Waals surface area contributed by atoms with Gasteiger partial charge >= 0.3 is 5.97 Å². The predicted octanol–water partition coefficient (Wildman–Crippen LogP) is 1.36. The van der Waals surface area contributed by atoms with Crippen molar-refractivity contribution in [3.63, 3.8) is 0 Å². The molecule has 5 nitrogen and oxygen atoms in total. The highest BCUT2D eigenvalue weighted by Crippen LogP contribution is 2.33. The largest absolute Gasteiger partial charge is 0.480 e. The van der Waals surface area contributed by atoms with Crippen LogP contribution in [0.2, 0.25) is 0 Å². The van der Waals surface area contributed by atoms with E-state index in [1.165, 1.54) is 0 Å². The quantitative estimate of drug-likeness (QED) is 0.860. The first kappa shape index (κ1) is 13.5. The molecule has 1 aromatic carbocycles. The molecule has 1 aliphatic rings. The van der Waals surface area contributed by atoms with Crippen LogP contribution in [0, 0.1) is 5.92 Å². The number of carbonyl (C=O) groups is 2. The lowest BCUT2D eigenvalue weighted by molar-refractivity contribution is -0.141. The lowest BCUT2D eigenvalue weighted by Gasteiger charge is -2.31. The van der Waals surface area contributed by atoms with Gasteiger partial charge in [0.2, 0.25) is 5.91 Å². The van der Waals surface area contributed by atoms with E-state index < -0.39 is 5.97 Å². The third-order valence-corrected chi connectivity index (χ3v) is 3.20. The number of benzene rings is 1. The van der Waals surface area contributed by atoms with Gasteiger partial charge in [0.05, 0.1) is 12.0 Å². The molecule has 5 heteroatoms. The zero-order valence-electron chi connectivity index (χ0n) is 10.5. The second-order valence-corrected chi connectivity index (χ2v) is 4.56. The Labute approximate surface area is 111 Å². The summed E-state index contributed by atoms with van der Waals surface area (Å²) in [5.74, 6) is -1.62. The van der Waals surface area contributed by atoms with Crippen molar-refractivity contribution >= 4 is 11.9 Å². The first-order valence-electron chi connectivity index (χ1n) is 6.34. The molecule has 0 aliphatic carbocycles. The normalized spacial score (nSPS) is 22.7. The topological polar surface area (TPSA) is 75.6 Å². The van der Waals surface area contributed by atoms with Gasteiger partial charge in [-0.2, -0.15) is 0 Å². The van der Waals surface area contributed by atoms with Crippen LogP contribution in [0.3, 0.4) is 0 Å². The molecule has 2 rings (SSSR count). The molecule has 1 aromatic rings. The maximum Gasteiger partial charge on any atom is 0.322 e.